The van der Waals surface area contributed by atoms with Gasteiger partial charge in [-0.1, -0.05) is 36.9 Å². The summed E-state index contributed by atoms with van der Waals surface area (Å²) in [6.45, 7) is 6.13. The van der Waals surface area contributed by atoms with E-state index >= 15 is 0 Å². The van der Waals surface area contributed by atoms with Crippen molar-refractivity contribution in [1.82, 2.24) is 9.55 Å². The van der Waals surface area contributed by atoms with Crippen LogP contribution in [0.1, 0.15) is 12.5 Å². The predicted octanol–water partition coefficient (Wildman–Crippen LogP) is 3.94. The average Bonchev–Trinajstić information content (AvgIpc) is 3.11. The lowest BCUT2D eigenvalue weighted by atomic mass is 10.1. The molecule has 0 atom stereocenters. The van der Waals surface area contributed by atoms with E-state index in [4.69, 9.17) is 0 Å². The number of benzene rings is 1. The van der Waals surface area contributed by atoms with Crippen molar-refractivity contribution in [2.45, 2.75) is 25.0 Å². The molecule has 0 saturated heterocycles. The molecule has 2 aromatic heterocycles. The number of allylic oxidation sites excluding steroid dienone is 1. The van der Waals surface area contributed by atoms with E-state index in [1.807, 2.05) is 29.6 Å². The first-order valence-corrected chi connectivity index (χ1v) is 10.1. The van der Waals surface area contributed by atoms with Gasteiger partial charge in [0.1, 0.15) is 4.83 Å². The second-order valence-corrected chi connectivity index (χ2v) is 7.47. The van der Waals surface area contributed by atoms with Gasteiger partial charge in [0.2, 0.25) is 5.91 Å². The molecule has 7 heteroatoms. The van der Waals surface area contributed by atoms with Gasteiger partial charge in [0.15, 0.2) is 5.16 Å². The molecule has 0 bridgehead atoms. The second-order valence-electron chi connectivity index (χ2n) is 5.63. The van der Waals surface area contributed by atoms with Crippen molar-refractivity contribution in [2.75, 3.05) is 11.1 Å². The van der Waals surface area contributed by atoms with Gasteiger partial charge in [-0.25, -0.2) is 4.98 Å². The minimum absolute atomic E-state index is 0.102. The highest BCUT2D eigenvalue weighted by atomic mass is 32.2. The summed E-state index contributed by atoms with van der Waals surface area (Å²) in [7, 11) is 0. The molecule has 1 aromatic carbocycles. The van der Waals surface area contributed by atoms with E-state index in [-0.39, 0.29) is 17.2 Å². The third kappa shape index (κ3) is 4.05. The van der Waals surface area contributed by atoms with Crippen molar-refractivity contribution < 1.29 is 4.79 Å². The van der Waals surface area contributed by atoms with E-state index < -0.39 is 0 Å². The Morgan fingerprint density at radius 3 is 3.04 bits per heavy atom. The van der Waals surface area contributed by atoms with Crippen LogP contribution in [0.15, 0.2) is 58.3 Å². The summed E-state index contributed by atoms with van der Waals surface area (Å²) in [4.78, 5) is 30.1. The maximum absolute atomic E-state index is 12.6. The van der Waals surface area contributed by atoms with Gasteiger partial charge in [-0.15, -0.1) is 17.9 Å². The molecule has 3 rings (SSSR count). The summed E-state index contributed by atoms with van der Waals surface area (Å²) >= 11 is 2.67. The Morgan fingerprint density at radius 1 is 1.42 bits per heavy atom. The first-order chi connectivity index (χ1) is 12.6. The Morgan fingerprint density at radius 2 is 2.27 bits per heavy atom. The fourth-order valence-electron chi connectivity index (χ4n) is 2.53. The van der Waals surface area contributed by atoms with Crippen molar-refractivity contribution in [3.8, 4) is 0 Å². The van der Waals surface area contributed by atoms with Gasteiger partial charge in [-0.2, -0.15) is 0 Å². The molecular weight excluding hydrogens is 366 g/mol. The Balaban J connectivity index is 1.76. The average molecular weight is 386 g/mol. The molecule has 0 spiro atoms. The van der Waals surface area contributed by atoms with Gasteiger partial charge in [-0.05, 0) is 35.6 Å². The standard InChI is InChI=1S/C19H19N3O2S2/c1-3-9-22-18(24)15-8-10-25-17(15)21-19(22)26-12-16(23)20-14-7-5-6-13(4-2)11-14/h3,5-8,10-11H,1,4,9,12H2,2H3,(H,20,23). The van der Waals surface area contributed by atoms with Gasteiger partial charge in [0.25, 0.3) is 5.56 Å². The topological polar surface area (TPSA) is 64.0 Å². The van der Waals surface area contributed by atoms with Gasteiger partial charge < -0.3 is 5.32 Å². The van der Waals surface area contributed by atoms with Crippen molar-refractivity contribution in [3.05, 3.63) is 64.3 Å². The van der Waals surface area contributed by atoms with E-state index in [0.717, 1.165) is 12.1 Å². The number of anilines is 1. The van der Waals surface area contributed by atoms with Crippen LogP contribution < -0.4 is 10.9 Å². The Labute approximate surface area is 159 Å². The summed E-state index contributed by atoms with van der Waals surface area (Å²) in [5.74, 6) is 0.0468. The van der Waals surface area contributed by atoms with Crippen LogP contribution in [-0.2, 0) is 17.8 Å². The second kappa shape index (κ2) is 8.33. The molecule has 3 aromatic rings. The van der Waals surface area contributed by atoms with Crippen LogP contribution in [0.25, 0.3) is 10.2 Å². The molecule has 0 saturated carbocycles. The highest BCUT2D eigenvalue weighted by Crippen LogP contribution is 2.21. The van der Waals surface area contributed by atoms with Crippen LogP contribution in [0.5, 0.6) is 0 Å². The number of rotatable bonds is 7. The quantitative estimate of drug-likeness (QED) is 0.380. The zero-order valence-corrected chi connectivity index (χ0v) is 16.0. The number of aromatic nitrogens is 2. The maximum atomic E-state index is 12.6. The number of nitrogens with one attached hydrogen (secondary N) is 1. The lowest BCUT2D eigenvalue weighted by Crippen LogP contribution is -2.23. The van der Waals surface area contributed by atoms with Gasteiger partial charge >= 0.3 is 0 Å². The number of carbonyl (C=O) groups excluding carboxylic acids is 1. The molecule has 1 amide bonds. The number of hydrogen-bond acceptors (Lipinski definition) is 5. The number of nitrogens with zero attached hydrogens (tertiary/aromatic N) is 2. The molecule has 0 fully saturated rings. The minimum atomic E-state index is -0.131. The van der Waals surface area contributed by atoms with Gasteiger partial charge in [0, 0.05) is 12.2 Å². The van der Waals surface area contributed by atoms with Gasteiger partial charge in [-0.3, -0.25) is 14.2 Å². The predicted molar refractivity (Wildman–Crippen MR) is 109 cm³/mol. The maximum Gasteiger partial charge on any atom is 0.263 e. The van der Waals surface area contributed by atoms with E-state index in [2.05, 4.69) is 23.8 Å². The monoisotopic (exact) mass is 385 g/mol. The molecular formula is C19H19N3O2S2. The molecule has 134 valence electrons. The molecule has 1 N–H and O–H groups in total. The summed E-state index contributed by atoms with van der Waals surface area (Å²) in [6, 6.07) is 9.56. The summed E-state index contributed by atoms with van der Waals surface area (Å²) < 4.78 is 1.55. The van der Waals surface area contributed by atoms with E-state index in [1.165, 1.54) is 28.7 Å². The van der Waals surface area contributed by atoms with Crippen LogP contribution in [0.3, 0.4) is 0 Å². The fraction of sp³-hybridized carbons (Fsp3) is 0.211. The van der Waals surface area contributed by atoms with Crippen LogP contribution in [0, 0.1) is 0 Å². The Bertz CT molecular complexity index is 1010. The first kappa shape index (κ1) is 18.4. The van der Waals surface area contributed by atoms with Crippen molar-refractivity contribution >= 4 is 44.9 Å². The zero-order valence-electron chi connectivity index (χ0n) is 14.4. The molecule has 0 aliphatic rings. The molecule has 2 heterocycles. The number of hydrogen-bond donors (Lipinski definition) is 1. The molecule has 0 unspecified atom stereocenters. The van der Waals surface area contributed by atoms with Crippen LogP contribution in [0.2, 0.25) is 0 Å². The third-order valence-corrected chi connectivity index (χ3v) is 5.59. The van der Waals surface area contributed by atoms with Crippen molar-refractivity contribution in [1.29, 1.82) is 0 Å². The van der Waals surface area contributed by atoms with Gasteiger partial charge in [0.05, 0.1) is 11.1 Å². The highest BCUT2D eigenvalue weighted by Gasteiger charge is 2.13. The Hall–Kier alpha value is -2.38. The zero-order chi connectivity index (χ0) is 18.5. The normalized spacial score (nSPS) is 10.8. The summed E-state index contributed by atoms with van der Waals surface area (Å²) in [6.07, 6.45) is 2.57. The van der Waals surface area contributed by atoms with E-state index in [1.54, 1.807) is 16.7 Å². The lowest BCUT2D eigenvalue weighted by molar-refractivity contribution is -0.113. The lowest BCUT2D eigenvalue weighted by Gasteiger charge is -2.10. The molecule has 0 aliphatic heterocycles. The van der Waals surface area contributed by atoms with Crippen molar-refractivity contribution in [3.63, 3.8) is 0 Å². The van der Waals surface area contributed by atoms with Crippen molar-refractivity contribution in [2.24, 2.45) is 0 Å². The molecule has 0 radical (unpaired) electrons. The van der Waals surface area contributed by atoms with E-state index in [9.17, 15) is 9.59 Å². The molecule has 26 heavy (non-hydrogen) atoms. The number of thioether (sulfide) groups is 1. The first-order valence-electron chi connectivity index (χ1n) is 8.23. The number of thiophene rings is 1. The van der Waals surface area contributed by atoms with E-state index in [0.29, 0.717) is 21.9 Å². The van der Waals surface area contributed by atoms with Crippen LogP contribution in [0.4, 0.5) is 5.69 Å². The smallest absolute Gasteiger partial charge is 0.263 e. The number of amides is 1. The third-order valence-electron chi connectivity index (χ3n) is 3.81. The summed E-state index contributed by atoms with van der Waals surface area (Å²) in [5, 5.41) is 5.87. The number of carbonyl (C=O) groups is 1. The molecule has 5 nitrogen and oxygen atoms in total. The summed E-state index contributed by atoms with van der Waals surface area (Å²) in [5.41, 5.74) is 1.84. The highest BCUT2D eigenvalue weighted by molar-refractivity contribution is 7.99. The number of aryl methyl sites for hydroxylation is 1. The SMILES string of the molecule is C=CCn1c(SCC(=O)Nc2cccc(CC)c2)nc2sccc2c1=O. The minimum Gasteiger partial charge on any atom is -0.325 e. The largest absolute Gasteiger partial charge is 0.325 e. The Kier molecular flexibility index (Phi) is 5.90. The van der Waals surface area contributed by atoms with Crippen LogP contribution in [-0.4, -0.2) is 21.2 Å². The fourth-order valence-corrected chi connectivity index (χ4v) is 4.14. The van der Waals surface area contributed by atoms with Crippen LogP contribution >= 0.6 is 23.1 Å². The molecule has 0 aliphatic carbocycles. The number of fused-ring (bicyclic) bond motifs is 1.